The van der Waals surface area contributed by atoms with E-state index >= 15 is 0 Å². The lowest BCUT2D eigenvalue weighted by Crippen LogP contribution is -2.18. The van der Waals surface area contributed by atoms with Crippen LogP contribution in [0, 0.1) is 0 Å². The van der Waals surface area contributed by atoms with Gasteiger partial charge in [-0.2, -0.15) is 0 Å². The van der Waals surface area contributed by atoms with E-state index in [-0.39, 0.29) is 18.3 Å². The molecule has 1 N–H and O–H groups in total. The van der Waals surface area contributed by atoms with E-state index in [1.807, 2.05) is 0 Å². The summed E-state index contributed by atoms with van der Waals surface area (Å²) in [6, 6.07) is 5.20. The second kappa shape index (κ2) is 7.60. The van der Waals surface area contributed by atoms with Gasteiger partial charge in [0.15, 0.2) is 17.3 Å². The highest BCUT2D eigenvalue weighted by Crippen LogP contribution is 2.39. The summed E-state index contributed by atoms with van der Waals surface area (Å²) in [5.41, 5.74) is 2.23. The summed E-state index contributed by atoms with van der Waals surface area (Å²) < 4.78 is 16.2. The Balaban J connectivity index is 1.50. The van der Waals surface area contributed by atoms with E-state index in [2.05, 4.69) is 5.32 Å². The summed E-state index contributed by atoms with van der Waals surface area (Å²) in [5.74, 6) is 0.862. The molecule has 0 radical (unpaired) electrons. The van der Waals surface area contributed by atoms with Crippen molar-refractivity contribution in [1.29, 1.82) is 0 Å². The summed E-state index contributed by atoms with van der Waals surface area (Å²) >= 11 is 1.55. The first-order valence-corrected chi connectivity index (χ1v) is 9.97. The Morgan fingerprint density at radius 2 is 2.00 bits per heavy atom. The minimum atomic E-state index is -0.314. The van der Waals surface area contributed by atoms with Gasteiger partial charge in [0.05, 0.1) is 18.7 Å². The summed E-state index contributed by atoms with van der Waals surface area (Å²) in [4.78, 5) is 26.2. The third-order valence-electron chi connectivity index (χ3n) is 4.67. The molecule has 2 heterocycles. The molecule has 7 heteroatoms. The van der Waals surface area contributed by atoms with Crippen molar-refractivity contribution in [2.75, 3.05) is 31.7 Å². The molecule has 0 spiro atoms. The van der Waals surface area contributed by atoms with Crippen LogP contribution in [0.15, 0.2) is 18.2 Å². The van der Waals surface area contributed by atoms with Gasteiger partial charge in [0.1, 0.15) is 18.2 Å². The van der Waals surface area contributed by atoms with Gasteiger partial charge < -0.3 is 19.5 Å². The van der Waals surface area contributed by atoms with Gasteiger partial charge in [-0.15, -0.1) is 11.3 Å². The average Bonchev–Trinajstić information content (AvgIpc) is 3.26. The molecule has 0 unspecified atom stereocenters. The summed E-state index contributed by atoms with van der Waals surface area (Å²) in [7, 11) is 0. The maximum atomic E-state index is 12.6. The van der Waals surface area contributed by atoms with Gasteiger partial charge >= 0.3 is 5.97 Å². The van der Waals surface area contributed by atoms with E-state index in [1.165, 1.54) is 4.88 Å². The molecule has 0 saturated carbocycles. The third-order valence-corrected chi connectivity index (χ3v) is 5.92. The number of carbonyl (C=O) groups is 2. The molecule has 2 aliphatic rings. The van der Waals surface area contributed by atoms with Crippen LogP contribution < -0.4 is 14.8 Å². The second-order valence-electron chi connectivity index (χ2n) is 6.42. The van der Waals surface area contributed by atoms with Crippen LogP contribution in [-0.2, 0) is 17.6 Å². The highest BCUT2D eigenvalue weighted by Gasteiger charge is 2.27. The van der Waals surface area contributed by atoms with Crippen LogP contribution in [0.1, 0.15) is 44.5 Å². The normalized spacial score (nSPS) is 14.6. The molecule has 0 saturated heterocycles. The molecule has 142 valence electrons. The fourth-order valence-corrected chi connectivity index (χ4v) is 4.70. The number of esters is 1. The summed E-state index contributed by atoms with van der Waals surface area (Å²) in [6.45, 7) is 3.22. The van der Waals surface area contributed by atoms with Crippen LogP contribution in [0.3, 0.4) is 0 Å². The molecule has 1 aliphatic carbocycles. The molecule has 27 heavy (non-hydrogen) atoms. The molecular weight excluding hydrogens is 366 g/mol. The minimum absolute atomic E-state index is 0.0738. The van der Waals surface area contributed by atoms with E-state index in [1.54, 1.807) is 36.5 Å². The predicted octanol–water partition coefficient (Wildman–Crippen LogP) is 3.48. The fourth-order valence-electron chi connectivity index (χ4n) is 3.43. The van der Waals surface area contributed by atoms with E-state index in [0.717, 1.165) is 29.8 Å². The van der Waals surface area contributed by atoms with E-state index < -0.39 is 0 Å². The van der Waals surface area contributed by atoms with E-state index in [4.69, 9.17) is 14.2 Å². The Bertz CT molecular complexity index is 889. The van der Waals surface area contributed by atoms with Gasteiger partial charge in [0, 0.05) is 10.4 Å². The van der Waals surface area contributed by atoms with E-state index in [9.17, 15) is 9.59 Å². The molecule has 1 aliphatic heterocycles. The van der Waals surface area contributed by atoms with Crippen molar-refractivity contribution in [3.05, 3.63) is 39.8 Å². The van der Waals surface area contributed by atoms with Gasteiger partial charge in [0.2, 0.25) is 0 Å². The summed E-state index contributed by atoms with van der Waals surface area (Å²) in [6.07, 6.45) is 2.92. The number of hydrogen-bond acceptors (Lipinski definition) is 7. The SMILES string of the molecule is CCOC(=O)c1c(NCC(=O)c2ccc3c(c2)OCCO3)sc2c1CCC2. The minimum Gasteiger partial charge on any atom is -0.486 e. The highest BCUT2D eigenvalue weighted by atomic mass is 32.1. The second-order valence-corrected chi connectivity index (χ2v) is 7.52. The maximum absolute atomic E-state index is 12.6. The number of carbonyl (C=O) groups excluding carboxylic acids is 2. The number of Topliss-reactive ketones (excluding diaryl/α,β-unsaturated/α-hetero) is 1. The molecule has 2 aromatic rings. The first kappa shape index (κ1) is 17.9. The number of nitrogens with one attached hydrogen (secondary N) is 1. The van der Waals surface area contributed by atoms with Gasteiger partial charge in [-0.05, 0) is 49.9 Å². The van der Waals surface area contributed by atoms with Gasteiger partial charge in [-0.3, -0.25) is 4.79 Å². The number of thiophene rings is 1. The van der Waals surface area contributed by atoms with Crippen molar-refractivity contribution in [2.45, 2.75) is 26.2 Å². The Kier molecular flexibility index (Phi) is 5.03. The van der Waals surface area contributed by atoms with E-state index in [0.29, 0.717) is 42.4 Å². The molecular formula is C20H21NO5S. The standard InChI is InChI=1S/C20H21NO5S/c1-2-24-20(23)18-13-4-3-5-17(13)27-19(18)21-11-14(22)12-6-7-15-16(10-12)26-9-8-25-15/h6-7,10,21H,2-5,8-9,11H2,1H3. The Hall–Kier alpha value is -2.54. The largest absolute Gasteiger partial charge is 0.486 e. The van der Waals surface area contributed by atoms with Crippen molar-refractivity contribution in [1.82, 2.24) is 0 Å². The number of ketones is 1. The summed E-state index contributed by atoms with van der Waals surface area (Å²) in [5, 5.41) is 3.88. The predicted molar refractivity (Wildman–Crippen MR) is 103 cm³/mol. The Labute approximate surface area is 161 Å². The van der Waals surface area contributed by atoms with Crippen molar-refractivity contribution in [3.8, 4) is 11.5 Å². The van der Waals surface area contributed by atoms with Crippen LogP contribution >= 0.6 is 11.3 Å². The average molecular weight is 387 g/mol. The number of benzene rings is 1. The van der Waals surface area contributed by atoms with Crippen LogP contribution in [0.5, 0.6) is 11.5 Å². The topological polar surface area (TPSA) is 73.9 Å². The molecule has 0 atom stereocenters. The zero-order valence-corrected chi connectivity index (χ0v) is 15.9. The molecule has 1 aromatic carbocycles. The van der Waals surface area contributed by atoms with Gasteiger partial charge in [-0.25, -0.2) is 4.79 Å². The van der Waals surface area contributed by atoms with Crippen LogP contribution in [0.2, 0.25) is 0 Å². The molecule has 0 bridgehead atoms. The third kappa shape index (κ3) is 3.51. The quantitative estimate of drug-likeness (QED) is 0.604. The van der Waals surface area contributed by atoms with Crippen LogP contribution in [0.25, 0.3) is 0 Å². The number of rotatable bonds is 6. The van der Waals surface area contributed by atoms with Gasteiger partial charge in [0.25, 0.3) is 0 Å². The maximum Gasteiger partial charge on any atom is 0.341 e. The van der Waals surface area contributed by atoms with Gasteiger partial charge in [-0.1, -0.05) is 0 Å². The van der Waals surface area contributed by atoms with Crippen LogP contribution in [-0.4, -0.2) is 38.1 Å². The van der Waals surface area contributed by atoms with Crippen molar-refractivity contribution >= 4 is 28.1 Å². The lowest BCUT2D eigenvalue weighted by molar-refractivity contribution is 0.0526. The molecule has 0 amide bonds. The lowest BCUT2D eigenvalue weighted by atomic mass is 10.1. The molecule has 1 aromatic heterocycles. The Morgan fingerprint density at radius 1 is 1.19 bits per heavy atom. The smallest absolute Gasteiger partial charge is 0.341 e. The number of anilines is 1. The number of ether oxygens (including phenoxy) is 3. The van der Waals surface area contributed by atoms with Crippen molar-refractivity contribution < 1.29 is 23.8 Å². The molecule has 6 nitrogen and oxygen atoms in total. The molecule has 0 fully saturated rings. The van der Waals surface area contributed by atoms with Crippen molar-refractivity contribution in [2.24, 2.45) is 0 Å². The lowest BCUT2D eigenvalue weighted by Gasteiger charge is -2.18. The first-order chi connectivity index (χ1) is 13.2. The zero-order valence-electron chi connectivity index (χ0n) is 15.1. The van der Waals surface area contributed by atoms with Crippen molar-refractivity contribution in [3.63, 3.8) is 0 Å². The highest BCUT2D eigenvalue weighted by molar-refractivity contribution is 7.16. The molecule has 4 rings (SSSR count). The Morgan fingerprint density at radius 3 is 2.81 bits per heavy atom. The fraction of sp³-hybridized carbons (Fsp3) is 0.400. The number of aryl methyl sites for hydroxylation is 1. The number of fused-ring (bicyclic) bond motifs is 2. The first-order valence-electron chi connectivity index (χ1n) is 9.15. The number of hydrogen-bond donors (Lipinski definition) is 1. The zero-order chi connectivity index (χ0) is 18.8. The van der Waals surface area contributed by atoms with Crippen LogP contribution in [0.4, 0.5) is 5.00 Å². The monoisotopic (exact) mass is 387 g/mol.